The van der Waals surface area contributed by atoms with Gasteiger partial charge < -0.3 is 24.8 Å². The number of benzene rings is 1. The number of ketones is 2. The molecule has 2 heterocycles. The van der Waals surface area contributed by atoms with E-state index in [4.69, 9.17) is 9.84 Å². The maximum Gasteiger partial charge on any atom is 0.230 e. The first kappa shape index (κ1) is 18.1. The second-order valence-electron chi connectivity index (χ2n) is 6.32. The van der Waals surface area contributed by atoms with Crippen molar-refractivity contribution in [3.8, 4) is 0 Å². The highest BCUT2D eigenvalue weighted by atomic mass is 79.9. The molecule has 0 amide bonds. The molecule has 2 aromatic rings. The first-order chi connectivity index (χ1) is 13.0. The smallest absolute Gasteiger partial charge is 0.230 e. The molecule has 1 aliphatic carbocycles. The third-order valence-corrected chi connectivity index (χ3v) is 5.07. The standard InChI is InChI=1S/C18H16BrN3O5/c19-9-1-3-10(4-2-9)20-11-5-12(24)17-16(18(11)26)21-15-8-27-14(6-22(15)17)13(25)7-23/h1-5,13-14,20,23,25H,6-8H2/t13-,14+/m1/s1. The molecule has 1 aromatic heterocycles. The normalized spacial score (nSPS) is 20.0. The molecule has 4 rings (SSSR count). The van der Waals surface area contributed by atoms with Crippen LogP contribution in [-0.4, -0.2) is 50.1 Å². The van der Waals surface area contributed by atoms with Crippen LogP contribution in [0.15, 0.2) is 40.5 Å². The molecule has 0 saturated carbocycles. The van der Waals surface area contributed by atoms with Crippen LogP contribution >= 0.6 is 15.9 Å². The Labute approximate surface area is 162 Å². The maximum atomic E-state index is 12.8. The summed E-state index contributed by atoms with van der Waals surface area (Å²) in [7, 11) is 0. The highest BCUT2D eigenvalue weighted by Crippen LogP contribution is 2.27. The Hall–Kier alpha value is -2.33. The van der Waals surface area contributed by atoms with Gasteiger partial charge in [-0.25, -0.2) is 4.98 Å². The van der Waals surface area contributed by atoms with Gasteiger partial charge in [-0.05, 0) is 24.3 Å². The Morgan fingerprint density at radius 2 is 2.07 bits per heavy atom. The summed E-state index contributed by atoms with van der Waals surface area (Å²) >= 11 is 3.34. The average Bonchev–Trinajstić information content (AvgIpc) is 3.06. The van der Waals surface area contributed by atoms with Crippen LogP contribution in [0.4, 0.5) is 5.69 Å². The largest absolute Gasteiger partial charge is 0.394 e. The quantitative estimate of drug-likeness (QED) is 0.664. The SMILES string of the molecule is O=C1C(Nc2ccc(Br)cc2)=CC(=O)c2c1nc1n2C[C@@H]([C@H](O)CO)OC1. The van der Waals surface area contributed by atoms with E-state index in [1.807, 2.05) is 12.1 Å². The number of anilines is 1. The van der Waals surface area contributed by atoms with Crippen molar-refractivity contribution in [2.24, 2.45) is 0 Å². The number of carbonyl (C=O) groups is 2. The van der Waals surface area contributed by atoms with E-state index >= 15 is 0 Å². The van der Waals surface area contributed by atoms with Gasteiger partial charge in [0.2, 0.25) is 11.6 Å². The molecule has 2 atom stereocenters. The Morgan fingerprint density at radius 3 is 2.78 bits per heavy atom. The molecule has 0 radical (unpaired) electrons. The Morgan fingerprint density at radius 1 is 1.33 bits per heavy atom. The molecule has 9 heteroatoms. The number of carbonyl (C=O) groups excluding carboxylic acids is 2. The third kappa shape index (κ3) is 3.23. The molecule has 0 saturated heterocycles. The van der Waals surface area contributed by atoms with E-state index in [2.05, 4.69) is 26.2 Å². The van der Waals surface area contributed by atoms with Crippen molar-refractivity contribution in [3.63, 3.8) is 0 Å². The molecule has 0 spiro atoms. The van der Waals surface area contributed by atoms with Crippen LogP contribution in [0.2, 0.25) is 0 Å². The van der Waals surface area contributed by atoms with Crippen molar-refractivity contribution in [2.45, 2.75) is 25.4 Å². The number of ether oxygens (including phenoxy) is 1. The number of nitrogens with one attached hydrogen (secondary N) is 1. The van der Waals surface area contributed by atoms with Crippen LogP contribution in [0.5, 0.6) is 0 Å². The van der Waals surface area contributed by atoms with Gasteiger partial charge in [-0.2, -0.15) is 0 Å². The number of aliphatic hydroxyl groups is 2. The number of allylic oxidation sites excluding steroid dienone is 2. The predicted molar refractivity (Wildman–Crippen MR) is 98.4 cm³/mol. The van der Waals surface area contributed by atoms with Crippen LogP contribution in [0.1, 0.15) is 26.8 Å². The van der Waals surface area contributed by atoms with E-state index in [1.165, 1.54) is 6.08 Å². The van der Waals surface area contributed by atoms with Gasteiger partial charge in [0.15, 0.2) is 0 Å². The summed E-state index contributed by atoms with van der Waals surface area (Å²) in [4.78, 5) is 29.8. The van der Waals surface area contributed by atoms with Crippen LogP contribution < -0.4 is 5.32 Å². The molecule has 0 fully saturated rings. The maximum absolute atomic E-state index is 12.8. The lowest BCUT2D eigenvalue weighted by molar-refractivity contribution is -0.0873. The van der Waals surface area contributed by atoms with Crippen molar-refractivity contribution in [3.05, 3.63) is 57.7 Å². The van der Waals surface area contributed by atoms with Crippen molar-refractivity contribution in [1.29, 1.82) is 0 Å². The molecular formula is C18H16BrN3O5. The molecule has 2 aliphatic rings. The molecule has 0 unspecified atom stereocenters. The Bertz CT molecular complexity index is 951. The van der Waals surface area contributed by atoms with Gasteiger partial charge in [0.05, 0.1) is 18.8 Å². The fourth-order valence-corrected chi connectivity index (χ4v) is 3.42. The molecule has 3 N–H and O–H groups in total. The highest BCUT2D eigenvalue weighted by Gasteiger charge is 2.36. The van der Waals surface area contributed by atoms with Crippen molar-refractivity contribution in [2.75, 3.05) is 11.9 Å². The van der Waals surface area contributed by atoms with Crippen LogP contribution in [0.3, 0.4) is 0 Å². The number of aromatic nitrogens is 2. The Kier molecular flexibility index (Phi) is 4.68. The number of fused-ring (bicyclic) bond motifs is 3. The van der Waals surface area contributed by atoms with E-state index in [0.29, 0.717) is 11.5 Å². The molecule has 8 nitrogen and oxygen atoms in total. The van der Waals surface area contributed by atoms with Gasteiger partial charge in [0, 0.05) is 16.2 Å². The summed E-state index contributed by atoms with van der Waals surface area (Å²) in [5, 5.41) is 21.9. The minimum atomic E-state index is -1.07. The summed E-state index contributed by atoms with van der Waals surface area (Å²) in [5.74, 6) is -0.280. The first-order valence-electron chi connectivity index (χ1n) is 8.31. The number of halogens is 1. The van der Waals surface area contributed by atoms with Gasteiger partial charge in [-0.3, -0.25) is 9.59 Å². The van der Waals surface area contributed by atoms with Crippen molar-refractivity contribution >= 4 is 33.2 Å². The second kappa shape index (κ2) is 7.01. The average molecular weight is 434 g/mol. The molecule has 1 aliphatic heterocycles. The van der Waals surface area contributed by atoms with Gasteiger partial charge in [-0.15, -0.1) is 0 Å². The van der Waals surface area contributed by atoms with Gasteiger partial charge >= 0.3 is 0 Å². The summed E-state index contributed by atoms with van der Waals surface area (Å²) in [6.07, 6.45) is -0.486. The molecule has 0 bridgehead atoms. The topological polar surface area (TPSA) is 114 Å². The van der Waals surface area contributed by atoms with Crippen LogP contribution in [-0.2, 0) is 17.9 Å². The number of Topliss-reactive ketones (excluding diaryl/α,β-unsaturated/α-hetero) is 1. The number of imidazole rings is 1. The van der Waals surface area contributed by atoms with E-state index in [1.54, 1.807) is 16.7 Å². The number of hydrogen-bond acceptors (Lipinski definition) is 7. The number of rotatable bonds is 4. The van der Waals surface area contributed by atoms with E-state index in [-0.39, 0.29) is 41.8 Å². The molecular weight excluding hydrogens is 418 g/mol. The Balaban J connectivity index is 1.64. The summed E-state index contributed by atoms with van der Waals surface area (Å²) in [6, 6.07) is 7.21. The van der Waals surface area contributed by atoms with E-state index in [9.17, 15) is 14.7 Å². The fourth-order valence-electron chi connectivity index (χ4n) is 3.15. The van der Waals surface area contributed by atoms with Gasteiger partial charge in [0.25, 0.3) is 0 Å². The zero-order chi connectivity index (χ0) is 19.1. The van der Waals surface area contributed by atoms with Crippen molar-refractivity contribution < 1.29 is 24.5 Å². The first-order valence-corrected chi connectivity index (χ1v) is 9.10. The van der Waals surface area contributed by atoms with E-state index in [0.717, 1.165) is 4.47 Å². The zero-order valence-corrected chi connectivity index (χ0v) is 15.6. The monoisotopic (exact) mass is 433 g/mol. The summed E-state index contributed by atoms with van der Waals surface area (Å²) < 4.78 is 7.98. The molecule has 1 aromatic carbocycles. The predicted octanol–water partition coefficient (Wildman–Crippen LogP) is 1.27. The number of aliphatic hydroxyl groups excluding tert-OH is 2. The van der Waals surface area contributed by atoms with Crippen LogP contribution in [0.25, 0.3) is 0 Å². The fraction of sp³-hybridized carbons (Fsp3) is 0.278. The minimum Gasteiger partial charge on any atom is -0.394 e. The zero-order valence-electron chi connectivity index (χ0n) is 14.1. The number of hydrogen-bond donors (Lipinski definition) is 3. The third-order valence-electron chi connectivity index (χ3n) is 4.54. The van der Waals surface area contributed by atoms with E-state index < -0.39 is 18.8 Å². The van der Waals surface area contributed by atoms with Gasteiger partial charge in [0.1, 0.15) is 36.0 Å². The van der Waals surface area contributed by atoms with Crippen molar-refractivity contribution in [1.82, 2.24) is 9.55 Å². The molecule has 140 valence electrons. The lowest BCUT2D eigenvalue weighted by atomic mass is 10.0. The minimum absolute atomic E-state index is 0.0464. The second-order valence-corrected chi connectivity index (χ2v) is 7.23. The summed E-state index contributed by atoms with van der Waals surface area (Å²) in [5.41, 5.74) is 1.08. The molecule has 27 heavy (non-hydrogen) atoms. The van der Waals surface area contributed by atoms with Gasteiger partial charge in [-0.1, -0.05) is 15.9 Å². The number of nitrogens with zero attached hydrogens (tertiary/aromatic N) is 2. The van der Waals surface area contributed by atoms with Crippen LogP contribution in [0, 0.1) is 0 Å². The highest BCUT2D eigenvalue weighted by molar-refractivity contribution is 9.10. The lowest BCUT2D eigenvalue weighted by Gasteiger charge is -2.28. The lowest BCUT2D eigenvalue weighted by Crippen LogP contribution is -2.40. The summed E-state index contributed by atoms with van der Waals surface area (Å²) in [6.45, 7) is -0.266.